The summed E-state index contributed by atoms with van der Waals surface area (Å²) in [6.45, 7) is 1.94. The normalized spacial score (nSPS) is 13.2. The largest absolute Gasteiger partial charge is 0.326 e. The Balaban J connectivity index is 1.58. The van der Waals surface area contributed by atoms with Crippen LogP contribution in [0.2, 0.25) is 0 Å². The third-order valence-corrected chi connectivity index (χ3v) is 4.35. The maximum Gasteiger partial charge on any atom is 0.255 e. The molecule has 5 heteroatoms. The van der Waals surface area contributed by atoms with E-state index in [1.165, 1.54) is 0 Å². The minimum absolute atomic E-state index is 0.00768. The molecule has 0 bridgehead atoms. The van der Waals surface area contributed by atoms with Crippen LogP contribution in [0.25, 0.3) is 10.9 Å². The van der Waals surface area contributed by atoms with Crippen molar-refractivity contribution in [1.29, 1.82) is 0 Å². The maximum atomic E-state index is 12.5. The lowest BCUT2D eigenvalue weighted by Crippen LogP contribution is -2.19. The van der Waals surface area contributed by atoms with Crippen LogP contribution in [-0.2, 0) is 11.2 Å². The molecular weight excluding hydrogens is 314 g/mol. The zero-order valence-corrected chi connectivity index (χ0v) is 13.8. The molecule has 0 saturated carbocycles. The number of hydrogen-bond acceptors (Lipinski definition) is 3. The summed E-state index contributed by atoms with van der Waals surface area (Å²) in [4.78, 5) is 28.5. The summed E-state index contributed by atoms with van der Waals surface area (Å²) in [5, 5.41) is 6.66. The summed E-state index contributed by atoms with van der Waals surface area (Å²) < 4.78 is 0. The number of anilines is 2. The standard InChI is InChI=1S/C20H17N3O2/c1-12-2-3-14-10-15(5-8-17(14)21-12)20(25)22-16-7-4-13-6-9-19(24)23-18(13)11-16/h2-5,7-8,10-11H,6,9H2,1H3,(H,22,25)(H,23,24). The van der Waals surface area contributed by atoms with Crippen LogP contribution in [-0.4, -0.2) is 16.8 Å². The second-order valence-electron chi connectivity index (χ2n) is 6.23. The van der Waals surface area contributed by atoms with E-state index in [1.807, 2.05) is 43.3 Å². The molecule has 0 atom stereocenters. The van der Waals surface area contributed by atoms with Gasteiger partial charge in [-0.2, -0.15) is 0 Å². The molecule has 2 amide bonds. The number of benzene rings is 2. The maximum absolute atomic E-state index is 12.5. The van der Waals surface area contributed by atoms with Gasteiger partial charge < -0.3 is 10.6 Å². The summed E-state index contributed by atoms with van der Waals surface area (Å²) in [5.74, 6) is -0.183. The first-order chi connectivity index (χ1) is 12.1. The fourth-order valence-electron chi connectivity index (χ4n) is 3.02. The fraction of sp³-hybridized carbons (Fsp3) is 0.150. The number of nitrogens with zero attached hydrogens (tertiary/aromatic N) is 1. The van der Waals surface area contributed by atoms with Gasteiger partial charge in [0.1, 0.15) is 0 Å². The number of aromatic nitrogens is 1. The molecule has 5 nitrogen and oxygen atoms in total. The van der Waals surface area contributed by atoms with Crippen LogP contribution in [0, 0.1) is 6.92 Å². The van der Waals surface area contributed by atoms with E-state index in [-0.39, 0.29) is 11.8 Å². The second kappa shape index (κ2) is 6.02. The Bertz CT molecular complexity index is 1010. The quantitative estimate of drug-likeness (QED) is 0.752. The zero-order valence-electron chi connectivity index (χ0n) is 13.8. The monoisotopic (exact) mass is 331 g/mol. The molecule has 1 aromatic heterocycles. The van der Waals surface area contributed by atoms with E-state index < -0.39 is 0 Å². The molecule has 0 aliphatic carbocycles. The SMILES string of the molecule is Cc1ccc2cc(C(=O)Nc3ccc4c(c3)NC(=O)CC4)ccc2n1. The van der Waals surface area contributed by atoms with Gasteiger partial charge in [-0.25, -0.2) is 0 Å². The summed E-state index contributed by atoms with van der Waals surface area (Å²) >= 11 is 0. The molecule has 0 saturated heterocycles. The number of carbonyl (C=O) groups is 2. The first-order valence-corrected chi connectivity index (χ1v) is 8.20. The van der Waals surface area contributed by atoms with Crippen LogP contribution in [0.1, 0.15) is 28.0 Å². The number of rotatable bonds is 2. The van der Waals surface area contributed by atoms with Crippen LogP contribution in [0.15, 0.2) is 48.5 Å². The van der Waals surface area contributed by atoms with E-state index in [2.05, 4.69) is 15.6 Å². The van der Waals surface area contributed by atoms with Gasteiger partial charge in [0.25, 0.3) is 5.91 Å². The van der Waals surface area contributed by atoms with Gasteiger partial charge in [0.05, 0.1) is 5.52 Å². The van der Waals surface area contributed by atoms with Crippen LogP contribution in [0.4, 0.5) is 11.4 Å². The highest BCUT2D eigenvalue weighted by Crippen LogP contribution is 2.26. The molecule has 25 heavy (non-hydrogen) atoms. The molecule has 124 valence electrons. The molecule has 1 aliphatic rings. The molecule has 2 aromatic carbocycles. The van der Waals surface area contributed by atoms with E-state index in [9.17, 15) is 9.59 Å². The first-order valence-electron chi connectivity index (χ1n) is 8.20. The van der Waals surface area contributed by atoms with Gasteiger partial charge in [-0.1, -0.05) is 12.1 Å². The van der Waals surface area contributed by atoms with Gasteiger partial charge in [0.2, 0.25) is 5.91 Å². The predicted octanol–water partition coefficient (Wildman–Crippen LogP) is 3.68. The molecule has 2 N–H and O–H groups in total. The fourth-order valence-corrected chi connectivity index (χ4v) is 3.02. The van der Waals surface area contributed by atoms with Gasteiger partial charge in [0.15, 0.2) is 0 Å². The van der Waals surface area contributed by atoms with E-state index in [0.29, 0.717) is 17.7 Å². The third-order valence-electron chi connectivity index (χ3n) is 4.35. The Morgan fingerprint density at radius 1 is 1.08 bits per heavy atom. The second-order valence-corrected chi connectivity index (χ2v) is 6.23. The zero-order chi connectivity index (χ0) is 17.4. The van der Waals surface area contributed by atoms with Gasteiger partial charge in [0, 0.05) is 34.4 Å². The topological polar surface area (TPSA) is 71.1 Å². The van der Waals surface area contributed by atoms with E-state index in [4.69, 9.17) is 0 Å². The van der Waals surface area contributed by atoms with Crippen molar-refractivity contribution in [2.45, 2.75) is 19.8 Å². The summed E-state index contributed by atoms with van der Waals surface area (Å²) in [7, 11) is 0. The number of hydrogen-bond donors (Lipinski definition) is 2. The number of pyridine rings is 1. The van der Waals surface area contributed by atoms with E-state index in [0.717, 1.165) is 34.3 Å². The third kappa shape index (κ3) is 3.08. The number of amides is 2. The van der Waals surface area contributed by atoms with Gasteiger partial charge in [-0.15, -0.1) is 0 Å². The lowest BCUT2D eigenvalue weighted by molar-refractivity contribution is -0.116. The molecule has 0 fully saturated rings. The minimum Gasteiger partial charge on any atom is -0.326 e. The van der Waals surface area contributed by atoms with Crippen molar-refractivity contribution >= 4 is 34.1 Å². The Morgan fingerprint density at radius 2 is 1.96 bits per heavy atom. The number of carbonyl (C=O) groups excluding carboxylic acids is 2. The number of fused-ring (bicyclic) bond motifs is 2. The Morgan fingerprint density at radius 3 is 2.84 bits per heavy atom. The Kier molecular flexibility index (Phi) is 3.69. The first kappa shape index (κ1) is 15.3. The Labute approximate surface area is 145 Å². The summed E-state index contributed by atoms with van der Waals surface area (Å²) in [6, 6.07) is 14.9. The summed E-state index contributed by atoms with van der Waals surface area (Å²) in [5.41, 5.74) is 4.90. The van der Waals surface area contributed by atoms with Crippen molar-refractivity contribution in [2.75, 3.05) is 10.6 Å². The predicted molar refractivity (Wildman–Crippen MR) is 97.8 cm³/mol. The van der Waals surface area contributed by atoms with Gasteiger partial charge in [-0.05, 0) is 55.3 Å². The van der Waals surface area contributed by atoms with Crippen molar-refractivity contribution in [1.82, 2.24) is 4.98 Å². The van der Waals surface area contributed by atoms with Crippen molar-refractivity contribution in [3.63, 3.8) is 0 Å². The van der Waals surface area contributed by atoms with Crippen molar-refractivity contribution in [3.05, 3.63) is 65.4 Å². The van der Waals surface area contributed by atoms with Crippen LogP contribution in [0.5, 0.6) is 0 Å². The van der Waals surface area contributed by atoms with Crippen molar-refractivity contribution < 1.29 is 9.59 Å². The molecule has 2 heterocycles. The lowest BCUT2D eigenvalue weighted by Gasteiger charge is -2.17. The highest BCUT2D eigenvalue weighted by molar-refractivity contribution is 6.06. The van der Waals surface area contributed by atoms with Crippen LogP contribution >= 0.6 is 0 Å². The highest BCUT2D eigenvalue weighted by atomic mass is 16.2. The minimum atomic E-state index is -0.190. The Hall–Kier alpha value is -3.21. The van der Waals surface area contributed by atoms with Crippen molar-refractivity contribution in [2.24, 2.45) is 0 Å². The molecule has 0 unspecified atom stereocenters. The van der Waals surface area contributed by atoms with E-state index >= 15 is 0 Å². The van der Waals surface area contributed by atoms with Gasteiger partial charge >= 0.3 is 0 Å². The van der Waals surface area contributed by atoms with Gasteiger partial charge in [-0.3, -0.25) is 14.6 Å². The molecule has 4 rings (SSSR count). The highest BCUT2D eigenvalue weighted by Gasteiger charge is 2.15. The molecule has 0 radical (unpaired) electrons. The van der Waals surface area contributed by atoms with Crippen LogP contribution in [0.3, 0.4) is 0 Å². The molecule has 1 aliphatic heterocycles. The smallest absolute Gasteiger partial charge is 0.255 e. The average Bonchev–Trinajstić information content (AvgIpc) is 2.60. The average molecular weight is 331 g/mol. The van der Waals surface area contributed by atoms with Crippen molar-refractivity contribution in [3.8, 4) is 0 Å². The summed E-state index contributed by atoms with van der Waals surface area (Å²) in [6.07, 6.45) is 1.23. The van der Waals surface area contributed by atoms with E-state index in [1.54, 1.807) is 12.1 Å². The molecule has 3 aromatic rings. The lowest BCUT2D eigenvalue weighted by atomic mass is 10.0. The number of aryl methyl sites for hydroxylation is 2. The molecular formula is C20H17N3O2. The number of nitrogens with one attached hydrogen (secondary N) is 2. The van der Waals surface area contributed by atoms with Crippen LogP contribution < -0.4 is 10.6 Å². The molecule has 0 spiro atoms.